The molecule has 2 aliphatic rings. The lowest BCUT2D eigenvalue weighted by molar-refractivity contribution is -0.136. The van der Waals surface area contributed by atoms with E-state index in [1.807, 2.05) is 32.9 Å². The van der Waals surface area contributed by atoms with Gasteiger partial charge in [0.15, 0.2) is 0 Å². The summed E-state index contributed by atoms with van der Waals surface area (Å²) in [7, 11) is 1.64. The number of carbonyl (C=O) groups is 4. The highest BCUT2D eigenvalue weighted by Gasteiger charge is 2.31. The lowest BCUT2D eigenvalue weighted by atomic mass is 10.0. The van der Waals surface area contributed by atoms with E-state index in [9.17, 15) is 24.0 Å². The fraction of sp³-hybridized carbons (Fsp3) is 0.560. The molecule has 4 amide bonds. The van der Waals surface area contributed by atoms with Gasteiger partial charge in [0.2, 0.25) is 17.7 Å². The zero-order valence-corrected chi connectivity index (χ0v) is 21.2. The Morgan fingerprint density at radius 3 is 2.33 bits per heavy atom. The van der Waals surface area contributed by atoms with Crippen LogP contribution in [0.1, 0.15) is 51.6 Å². The molecule has 1 N–H and O–H groups in total. The number of aryl methyl sites for hydroxylation is 2. The molecule has 3 heterocycles. The molecule has 0 bridgehead atoms. The summed E-state index contributed by atoms with van der Waals surface area (Å²) in [5.74, 6) is -0.793. The number of piperazine rings is 1. The molecule has 4 rings (SSSR count). The number of nitrogens with zero attached hydrogens (tertiary/aromatic N) is 4. The van der Waals surface area contributed by atoms with Crippen molar-refractivity contribution < 1.29 is 23.9 Å². The Labute approximate surface area is 209 Å². The molecule has 36 heavy (non-hydrogen) atoms. The van der Waals surface area contributed by atoms with Gasteiger partial charge in [0.1, 0.15) is 11.6 Å². The van der Waals surface area contributed by atoms with Gasteiger partial charge in [-0.25, -0.2) is 9.59 Å². The first kappa shape index (κ1) is 25.5. The summed E-state index contributed by atoms with van der Waals surface area (Å²) < 4.78 is 8.33. The lowest BCUT2D eigenvalue weighted by Gasteiger charge is -2.35. The number of aromatic nitrogens is 2. The van der Waals surface area contributed by atoms with Gasteiger partial charge in [-0.2, -0.15) is 0 Å². The summed E-state index contributed by atoms with van der Waals surface area (Å²) in [4.78, 5) is 65.2. The van der Waals surface area contributed by atoms with Gasteiger partial charge in [0.05, 0.1) is 11.0 Å². The Balaban J connectivity index is 1.39. The van der Waals surface area contributed by atoms with Crippen molar-refractivity contribution in [2.24, 2.45) is 7.05 Å². The fourth-order valence-corrected chi connectivity index (χ4v) is 4.67. The SMILES string of the molecule is Cn1c(=O)n(C2CCC(=O)NC2=O)c2ccc(CCC(=O)N3CCN(C(=O)OC(C)(C)C)CC3)cc21. The van der Waals surface area contributed by atoms with E-state index in [0.717, 1.165) is 5.56 Å². The molecule has 0 spiro atoms. The average Bonchev–Trinajstić information content (AvgIpc) is 3.06. The molecule has 194 valence electrons. The Morgan fingerprint density at radius 1 is 1.03 bits per heavy atom. The topological polar surface area (TPSA) is 123 Å². The number of amides is 4. The monoisotopic (exact) mass is 499 g/mol. The lowest BCUT2D eigenvalue weighted by Crippen LogP contribution is -2.51. The molecule has 0 aliphatic carbocycles. The number of ether oxygens (including phenoxy) is 1. The minimum Gasteiger partial charge on any atom is -0.444 e. The van der Waals surface area contributed by atoms with E-state index in [4.69, 9.17) is 4.74 Å². The maximum Gasteiger partial charge on any atom is 0.410 e. The van der Waals surface area contributed by atoms with Crippen LogP contribution in [0.4, 0.5) is 4.79 Å². The maximum absolute atomic E-state index is 12.9. The summed E-state index contributed by atoms with van der Waals surface area (Å²) in [6.45, 7) is 7.25. The zero-order valence-electron chi connectivity index (χ0n) is 21.2. The molecule has 11 nitrogen and oxygen atoms in total. The van der Waals surface area contributed by atoms with E-state index < -0.39 is 17.6 Å². The molecule has 2 fully saturated rings. The molecule has 1 aromatic carbocycles. The van der Waals surface area contributed by atoms with E-state index in [-0.39, 0.29) is 36.4 Å². The molecular formula is C25H33N5O6. The van der Waals surface area contributed by atoms with Crippen LogP contribution in [-0.4, -0.2) is 74.5 Å². The van der Waals surface area contributed by atoms with Crippen LogP contribution in [0.5, 0.6) is 0 Å². The largest absolute Gasteiger partial charge is 0.444 e. The van der Waals surface area contributed by atoms with Crippen LogP contribution in [0.15, 0.2) is 23.0 Å². The maximum atomic E-state index is 12.9. The highest BCUT2D eigenvalue weighted by Crippen LogP contribution is 2.24. The minimum atomic E-state index is -0.731. The first-order valence-corrected chi connectivity index (χ1v) is 12.2. The van der Waals surface area contributed by atoms with E-state index in [1.54, 1.807) is 22.9 Å². The van der Waals surface area contributed by atoms with Crippen molar-refractivity contribution in [3.05, 3.63) is 34.2 Å². The van der Waals surface area contributed by atoms with Crippen LogP contribution in [0, 0.1) is 0 Å². The van der Waals surface area contributed by atoms with Crippen molar-refractivity contribution >= 4 is 34.8 Å². The van der Waals surface area contributed by atoms with Gasteiger partial charge >= 0.3 is 11.8 Å². The number of fused-ring (bicyclic) bond motifs is 1. The number of carbonyl (C=O) groups excluding carboxylic acids is 4. The molecule has 2 aromatic rings. The van der Waals surface area contributed by atoms with Crippen molar-refractivity contribution in [3.63, 3.8) is 0 Å². The van der Waals surface area contributed by atoms with Gasteiger partial charge in [0.25, 0.3) is 0 Å². The van der Waals surface area contributed by atoms with Gasteiger partial charge in [-0.1, -0.05) is 6.07 Å². The highest BCUT2D eigenvalue weighted by atomic mass is 16.6. The number of nitrogens with one attached hydrogen (secondary N) is 1. The second kappa shape index (κ2) is 9.79. The smallest absolute Gasteiger partial charge is 0.410 e. The normalized spacial score (nSPS) is 18.9. The van der Waals surface area contributed by atoms with E-state index >= 15 is 0 Å². The van der Waals surface area contributed by atoms with E-state index in [1.165, 1.54) is 9.13 Å². The Morgan fingerprint density at radius 2 is 1.69 bits per heavy atom. The predicted molar refractivity (Wildman–Crippen MR) is 131 cm³/mol. The molecule has 1 atom stereocenters. The summed E-state index contributed by atoms with van der Waals surface area (Å²) in [5.41, 5.74) is 1.30. The molecule has 11 heteroatoms. The highest BCUT2D eigenvalue weighted by molar-refractivity contribution is 6.00. The first-order valence-electron chi connectivity index (χ1n) is 12.2. The van der Waals surface area contributed by atoms with Crippen LogP contribution >= 0.6 is 0 Å². The van der Waals surface area contributed by atoms with E-state index in [0.29, 0.717) is 50.1 Å². The van der Waals surface area contributed by atoms with Crippen LogP contribution in [0.25, 0.3) is 11.0 Å². The van der Waals surface area contributed by atoms with Gasteiger partial charge < -0.3 is 14.5 Å². The minimum absolute atomic E-state index is 0.00828. The third kappa shape index (κ3) is 5.29. The van der Waals surface area contributed by atoms with Gasteiger partial charge in [0, 0.05) is 46.1 Å². The van der Waals surface area contributed by atoms with Crippen molar-refractivity contribution in [2.45, 2.75) is 58.1 Å². The summed E-state index contributed by atoms with van der Waals surface area (Å²) in [6, 6.07) is 4.79. The number of hydrogen-bond donors (Lipinski definition) is 1. The van der Waals surface area contributed by atoms with Crippen LogP contribution in [-0.2, 0) is 32.6 Å². The van der Waals surface area contributed by atoms with Crippen molar-refractivity contribution in [2.75, 3.05) is 26.2 Å². The second-order valence-electron chi connectivity index (χ2n) is 10.3. The second-order valence-corrected chi connectivity index (χ2v) is 10.3. The fourth-order valence-electron chi connectivity index (χ4n) is 4.67. The number of rotatable bonds is 4. The van der Waals surface area contributed by atoms with Crippen molar-refractivity contribution in [1.82, 2.24) is 24.3 Å². The Hall–Kier alpha value is -3.63. The predicted octanol–water partition coefficient (Wildman–Crippen LogP) is 1.33. The third-order valence-corrected chi connectivity index (χ3v) is 6.59. The summed E-state index contributed by atoms with van der Waals surface area (Å²) >= 11 is 0. The van der Waals surface area contributed by atoms with Gasteiger partial charge in [-0.3, -0.25) is 28.8 Å². The molecule has 2 aliphatic heterocycles. The van der Waals surface area contributed by atoms with Crippen LogP contribution in [0.3, 0.4) is 0 Å². The van der Waals surface area contributed by atoms with Crippen LogP contribution < -0.4 is 11.0 Å². The molecule has 0 radical (unpaired) electrons. The molecule has 2 saturated heterocycles. The number of imide groups is 1. The first-order chi connectivity index (χ1) is 16.9. The standard InChI is InChI=1S/C25H33N5O6/c1-25(2,3)36-24(35)29-13-11-28(12-14-29)21(32)10-6-16-5-7-17-19(15-16)27(4)23(34)30(17)18-8-9-20(31)26-22(18)33/h5,7,15,18H,6,8-14H2,1-4H3,(H,26,31,33). The van der Waals surface area contributed by atoms with Gasteiger partial charge in [-0.05, 0) is 51.3 Å². The molecule has 0 saturated carbocycles. The number of benzene rings is 1. The van der Waals surface area contributed by atoms with Crippen LogP contribution in [0.2, 0.25) is 0 Å². The molecule has 1 aromatic heterocycles. The Kier molecular flexibility index (Phi) is 6.92. The zero-order chi connectivity index (χ0) is 26.2. The molecule has 1 unspecified atom stereocenters. The van der Waals surface area contributed by atoms with E-state index in [2.05, 4.69) is 5.32 Å². The van der Waals surface area contributed by atoms with Crippen molar-refractivity contribution in [1.29, 1.82) is 0 Å². The Bertz CT molecular complexity index is 1260. The summed E-state index contributed by atoms with van der Waals surface area (Å²) in [6.07, 6.45) is 0.906. The summed E-state index contributed by atoms with van der Waals surface area (Å²) in [5, 5.41) is 2.31. The van der Waals surface area contributed by atoms with Gasteiger partial charge in [-0.15, -0.1) is 0 Å². The third-order valence-electron chi connectivity index (χ3n) is 6.59. The number of hydrogen-bond acceptors (Lipinski definition) is 6. The average molecular weight is 500 g/mol. The van der Waals surface area contributed by atoms with Crippen molar-refractivity contribution in [3.8, 4) is 0 Å². The quantitative estimate of drug-likeness (QED) is 0.633. The molecular weight excluding hydrogens is 466 g/mol. The number of imidazole rings is 1. The number of piperidine rings is 1.